The number of allylic oxidation sites excluding steroid dienone is 8. The number of hydrogen-bond acceptors (Lipinski definition) is 1. The molecule has 2 aliphatic carbocycles. The summed E-state index contributed by atoms with van der Waals surface area (Å²) in [5.41, 5.74) is 9.19. The van der Waals surface area contributed by atoms with Gasteiger partial charge in [0.05, 0.1) is 0 Å². The van der Waals surface area contributed by atoms with E-state index in [1.807, 2.05) is 0 Å². The van der Waals surface area contributed by atoms with Gasteiger partial charge in [-0.2, -0.15) is 0 Å². The maximum absolute atomic E-state index is 6.53. The van der Waals surface area contributed by atoms with Crippen LogP contribution in [0.3, 0.4) is 0 Å². The maximum atomic E-state index is 6.53. The smallest absolute Gasteiger partial charge is 0.136 e. The number of benzene rings is 8. The van der Waals surface area contributed by atoms with Crippen LogP contribution in [0.15, 0.2) is 186 Å². The molecule has 8 aromatic carbocycles. The minimum atomic E-state index is -0.0205. The van der Waals surface area contributed by atoms with Crippen LogP contribution in [0.4, 0.5) is 0 Å². The van der Waals surface area contributed by atoms with E-state index in [2.05, 4.69) is 189 Å². The zero-order chi connectivity index (χ0) is 34.4. The van der Waals surface area contributed by atoms with Crippen LogP contribution in [-0.2, 0) is 0 Å². The van der Waals surface area contributed by atoms with E-state index < -0.39 is 0 Å². The standard InChI is InChI=1S/C51H34O/c1-51-26-9-8-13-39(51)29-38(25-27-51)49-42-16-7-6-15-41(42)48(37-18-17-32-10-2-3-12-34(32)28-37)43-22-19-35(30-45(43)49)36-20-23-44-47(31-36)52-46-24-21-33-11-4-5-14-40(33)50(44)46/h2-31,39H,1H3. The van der Waals surface area contributed by atoms with Gasteiger partial charge in [-0.25, -0.2) is 0 Å². The van der Waals surface area contributed by atoms with Crippen LogP contribution in [-0.4, -0.2) is 0 Å². The van der Waals surface area contributed by atoms with Crippen molar-refractivity contribution in [2.75, 3.05) is 0 Å². The molecule has 2 unspecified atom stereocenters. The van der Waals surface area contributed by atoms with Crippen molar-refractivity contribution in [2.45, 2.75) is 6.92 Å². The van der Waals surface area contributed by atoms with E-state index in [0.717, 1.165) is 22.1 Å². The van der Waals surface area contributed by atoms with E-state index in [9.17, 15) is 0 Å². The Morgan fingerprint density at radius 1 is 0.481 bits per heavy atom. The summed E-state index contributed by atoms with van der Waals surface area (Å²) in [6.07, 6.45) is 16.3. The van der Waals surface area contributed by atoms with Crippen LogP contribution >= 0.6 is 0 Å². The van der Waals surface area contributed by atoms with Crippen molar-refractivity contribution in [3.8, 4) is 22.3 Å². The summed E-state index contributed by atoms with van der Waals surface area (Å²) in [7, 11) is 0. The van der Waals surface area contributed by atoms with Crippen molar-refractivity contribution < 1.29 is 4.42 Å². The van der Waals surface area contributed by atoms with Gasteiger partial charge in [-0.15, -0.1) is 0 Å². The second kappa shape index (κ2) is 11.0. The van der Waals surface area contributed by atoms with E-state index in [0.29, 0.717) is 5.92 Å². The average Bonchev–Trinajstić information content (AvgIpc) is 3.58. The Bertz CT molecular complexity index is 3090. The van der Waals surface area contributed by atoms with Gasteiger partial charge in [0, 0.05) is 22.1 Å². The van der Waals surface area contributed by atoms with Crippen molar-refractivity contribution in [1.82, 2.24) is 0 Å². The molecule has 11 rings (SSSR count). The second-order valence-electron chi connectivity index (χ2n) is 14.7. The van der Waals surface area contributed by atoms with Gasteiger partial charge < -0.3 is 4.42 Å². The van der Waals surface area contributed by atoms with Gasteiger partial charge >= 0.3 is 0 Å². The largest absolute Gasteiger partial charge is 0.456 e. The molecule has 0 saturated carbocycles. The van der Waals surface area contributed by atoms with Crippen molar-refractivity contribution in [1.29, 1.82) is 0 Å². The zero-order valence-corrected chi connectivity index (χ0v) is 28.8. The zero-order valence-electron chi connectivity index (χ0n) is 28.8. The Labute approximate surface area is 302 Å². The van der Waals surface area contributed by atoms with Gasteiger partial charge in [-0.1, -0.05) is 159 Å². The molecule has 2 aliphatic rings. The first-order valence-electron chi connectivity index (χ1n) is 18.2. The van der Waals surface area contributed by atoms with E-state index >= 15 is 0 Å². The highest BCUT2D eigenvalue weighted by Gasteiger charge is 2.31. The Morgan fingerprint density at radius 2 is 1.15 bits per heavy atom. The highest BCUT2D eigenvalue weighted by atomic mass is 16.3. The lowest BCUT2D eigenvalue weighted by Crippen LogP contribution is -2.23. The van der Waals surface area contributed by atoms with Crippen molar-refractivity contribution >= 4 is 70.6 Å². The maximum Gasteiger partial charge on any atom is 0.136 e. The monoisotopic (exact) mass is 662 g/mol. The molecule has 1 heterocycles. The highest BCUT2D eigenvalue weighted by Crippen LogP contribution is 2.48. The molecule has 0 saturated heterocycles. The first-order chi connectivity index (χ1) is 25.6. The third-order valence-electron chi connectivity index (χ3n) is 11.6. The predicted molar refractivity (Wildman–Crippen MR) is 222 cm³/mol. The fraction of sp³-hybridized carbons (Fsp3) is 0.0588. The van der Waals surface area contributed by atoms with Gasteiger partial charge in [-0.05, 0) is 107 Å². The molecule has 0 N–H and O–H groups in total. The van der Waals surface area contributed by atoms with E-state index in [4.69, 9.17) is 4.42 Å². The van der Waals surface area contributed by atoms with Crippen molar-refractivity contribution in [2.24, 2.45) is 11.3 Å². The Morgan fingerprint density at radius 3 is 2.02 bits per heavy atom. The number of hydrogen-bond donors (Lipinski definition) is 0. The first kappa shape index (κ1) is 29.3. The Hall–Kier alpha value is -6.44. The average molecular weight is 663 g/mol. The van der Waals surface area contributed by atoms with Gasteiger partial charge in [0.15, 0.2) is 0 Å². The fourth-order valence-electron chi connectivity index (χ4n) is 8.90. The summed E-state index contributed by atoms with van der Waals surface area (Å²) in [6.45, 7) is 2.33. The minimum absolute atomic E-state index is 0.0205. The normalized spacial score (nSPS) is 18.2. The topological polar surface area (TPSA) is 13.1 Å². The van der Waals surface area contributed by atoms with Gasteiger partial charge in [0.2, 0.25) is 0 Å². The number of fused-ring (bicyclic) bond motifs is 9. The Balaban J connectivity index is 1.18. The van der Waals surface area contributed by atoms with Crippen LogP contribution < -0.4 is 0 Å². The van der Waals surface area contributed by atoms with Crippen LogP contribution in [0.5, 0.6) is 0 Å². The molecule has 52 heavy (non-hydrogen) atoms. The molecule has 1 aromatic heterocycles. The molecule has 0 aliphatic heterocycles. The van der Waals surface area contributed by atoms with Gasteiger partial charge in [0.25, 0.3) is 0 Å². The molecule has 0 fully saturated rings. The molecule has 0 radical (unpaired) electrons. The predicted octanol–water partition coefficient (Wildman–Crippen LogP) is 14.2. The van der Waals surface area contributed by atoms with Crippen LogP contribution in [0.2, 0.25) is 0 Å². The summed E-state index contributed by atoms with van der Waals surface area (Å²) in [4.78, 5) is 0. The molecule has 2 atom stereocenters. The molecule has 1 nitrogen and oxygen atoms in total. The second-order valence-corrected chi connectivity index (χ2v) is 14.7. The third-order valence-corrected chi connectivity index (χ3v) is 11.6. The molecular formula is C51H34O. The SMILES string of the molecule is CC12C=CC=CC1C=C(c1c3ccccc3c(-c3ccc4ccccc4c3)c3ccc(-c4ccc5c(c4)oc4ccc6ccccc6c45)cc13)C=C2. The minimum Gasteiger partial charge on any atom is -0.456 e. The fourth-order valence-corrected chi connectivity index (χ4v) is 8.90. The summed E-state index contributed by atoms with van der Waals surface area (Å²) in [5.74, 6) is 0.293. The molecule has 0 bridgehead atoms. The van der Waals surface area contributed by atoms with Crippen molar-refractivity contribution in [3.63, 3.8) is 0 Å². The molecule has 0 spiro atoms. The third kappa shape index (κ3) is 4.36. The van der Waals surface area contributed by atoms with Crippen LogP contribution in [0.1, 0.15) is 12.5 Å². The molecular weight excluding hydrogens is 629 g/mol. The number of rotatable bonds is 3. The summed E-state index contributed by atoms with van der Waals surface area (Å²) in [5, 5.41) is 12.3. The van der Waals surface area contributed by atoms with Gasteiger partial charge in [0.1, 0.15) is 11.2 Å². The quantitative estimate of drug-likeness (QED) is 0.172. The summed E-state index contributed by atoms with van der Waals surface area (Å²) < 4.78 is 6.53. The lowest BCUT2D eigenvalue weighted by Gasteiger charge is -2.34. The lowest BCUT2D eigenvalue weighted by molar-refractivity contribution is 0.454. The molecule has 1 heteroatoms. The van der Waals surface area contributed by atoms with Gasteiger partial charge in [-0.3, -0.25) is 0 Å². The molecule has 0 amide bonds. The Kier molecular flexibility index (Phi) is 6.22. The van der Waals surface area contributed by atoms with E-state index in [-0.39, 0.29) is 5.41 Å². The van der Waals surface area contributed by atoms with Crippen molar-refractivity contribution in [3.05, 3.63) is 188 Å². The summed E-state index contributed by atoms with van der Waals surface area (Å²) >= 11 is 0. The lowest BCUT2D eigenvalue weighted by atomic mass is 9.69. The molecule has 244 valence electrons. The summed E-state index contributed by atoms with van der Waals surface area (Å²) in [6, 6.07) is 51.1. The number of furan rings is 1. The molecule has 9 aromatic rings. The highest BCUT2D eigenvalue weighted by molar-refractivity contribution is 6.21. The van der Waals surface area contributed by atoms with Crippen LogP contribution in [0.25, 0.3) is 92.9 Å². The first-order valence-corrected chi connectivity index (χ1v) is 18.2. The van der Waals surface area contributed by atoms with E-state index in [1.54, 1.807) is 0 Å². The van der Waals surface area contributed by atoms with Crippen LogP contribution in [0, 0.1) is 11.3 Å². The van der Waals surface area contributed by atoms with E-state index in [1.165, 1.54) is 76.3 Å².